The number of unbranched alkanes of at least 4 members (excludes halogenated alkanes) is 3. The molecule has 10 aromatic carbocycles. The highest BCUT2D eigenvalue weighted by Gasteiger charge is 2.46. The highest BCUT2D eigenvalue weighted by atomic mass is 31.2. The van der Waals surface area contributed by atoms with Crippen LogP contribution < -0.4 is 31.8 Å². The first-order valence-corrected chi connectivity index (χ1v) is 43.2. The van der Waals surface area contributed by atoms with E-state index >= 15 is 0 Å². The SMILES string of the molecule is CCCCN(C1[C@@H](c2ccccc2)CC[C@@H]1P)P(c1ccccc1)c1ccc(Cc2ccc([C@@H]3CC[C@@H](c4ccc(Cc5ccc(P(c6ccccc6)N(CCCC)C6[C@H](P)CC[C@H]6c6ccccc6)cc5)cc4)P3N(CCCC)P(c3ccccc3)c3ccccc3)cc2)cc1. The summed E-state index contributed by atoms with van der Waals surface area (Å²) in [6.45, 7) is 10.4. The molecule has 0 aromatic heterocycles. The third kappa shape index (κ3) is 16.8. The molecule has 10 aromatic rings. The highest BCUT2D eigenvalue weighted by Crippen LogP contribution is 2.76. The third-order valence-corrected chi connectivity index (χ3v) is 34.0. The monoisotopic (exact) mass is 1390 g/mol. The molecule has 0 N–H and O–H groups in total. The minimum Gasteiger partial charge on any atom is -0.271 e. The Labute approximate surface area is 592 Å². The maximum atomic E-state index is 3.31. The van der Waals surface area contributed by atoms with Gasteiger partial charge in [-0.3, -0.25) is 13.8 Å². The van der Waals surface area contributed by atoms with Crippen molar-refractivity contribution in [1.29, 1.82) is 0 Å². The van der Waals surface area contributed by atoms with E-state index < -0.39 is 32.3 Å². The van der Waals surface area contributed by atoms with Crippen LogP contribution in [0.1, 0.15) is 165 Å². The van der Waals surface area contributed by atoms with E-state index in [4.69, 9.17) is 0 Å². The Bertz CT molecular complexity index is 3690. The molecule has 498 valence electrons. The van der Waals surface area contributed by atoms with Gasteiger partial charge in [-0.2, -0.15) is 0 Å². The average molecular weight is 1390 g/mol. The van der Waals surface area contributed by atoms with Gasteiger partial charge in [0.15, 0.2) is 0 Å². The summed E-state index contributed by atoms with van der Waals surface area (Å²) in [4.78, 5) is 0. The molecule has 7 unspecified atom stereocenters. The molecule has 13 rings (SSSR count). The van der Waals surface area contributed by atoms with E-state index in [2.05, 4.69) is 332 Å². The van der Waals surface area contributed by atoms with Crippen LogP contribution in [-0.4, -0.2) is 56.8 Å². The Morgan fingerprint density at radius 3 is 0.928 bits per heavy atom. The zero-order chi connectivity index (χ0) is 66.3. The molecule has 0 radical (unpaired) electrons. The summed E-state index contributed by atoms with van der Waals surface area (Å²) in [5.41, 5.74) is 13.6. The van der Waals surface area contributed by atoms with Gasteiger partial charge >= 0.3 is 0 Å². The molecule has 13 atom stereocenters. The van der Waals surface area contributed by atoms with Crippen molar-refractivity contribution in [3.8, 4) is 0 Å². The first kappa shape index (κ1) is 70.1. The zero-order valence-corrected chi connectivity index (χ0v) is 63.4. The van der Waals surface area contributed by atoms with Crippen LogP contribution in [0.2, 0.25) is 0 Å². The standard InChI is InChI=1S/C88H101N3P6/c1-4-7-62-89(87-81(56-58-83(87)92)71-28-16-10-17-29-71)94(75-32-20-12-21-33-75)79-52-44-69(45-53-79)65-67-40-48-73(49-41-67)85-60-61-86(97(85)91(64-9-6-3)96(77-36-24-14-25-37-77)78-38-26-15-27-39-78)74-50-42-68(43-51-74)66-70-46-54-80(55-47-70)95(76-34-22-13-23-35-76)90(63-8-5-2)88-82(57-59-84(88)93)72-30-18-11-19-31-72/h10-55,81-88H,4-9,56-66,92-93H2,1-3H3/t81-,82+,83+,84-,85-,86-,87?,88?,94?,95?,97?/m0/s1. The number of hydrogen-bond acceptors (Lipinski definition) is 3. The van der Waals surface area contributed by atoms with Gasteiger partial charge in [-0.15, -0.1) is 18.5 Å². The lowest BCUT2D eigenvalue weighted by atomic mass is 9.94. The van der Waals surface area contributed by atoms with Crippen LogP contribution in [0.4, 0.5) is 0 Å². The minimum atomic E-state index is -0.791. The highest BCUT2D eigenvalue weighted by molar-refractivity contribution is 7.79. The summed E-state index contributed by atoms with van der Waals surface area (Å²) >= 11 is 0. The molecular formula is C88H101N3P6. The number of nitrogens with zero attached hydrogens (tertiary/aromatic N) is 3. The second-order valence-electron chi connectivity index (χ2n) is 27.4. The molecule has 2 aliphatic carbocycles. The van der Waals surface area contributed by atoms with Crippen LogP contribution in [0.25, 0.3) is 0 Å². The van der Waals surface area contributed by atoms with Crippen molar-refractivity contribution in [2.24, 2.45) is 0 Å². The van der Waals surface area contributed by atoms with Gasteiger partial charge in [0.1, 0.15) is 0 Å². The van der Waals surface area contributed by atoms with Crippen LogP contribution in [0.3, 0.4) is 0 Å². The molecule has 1 aliphatic heterocycles. The van der Waals surface area contributed by atoms with E-state index in [1.165, 1.54) is 153 Å². The second kappa shape index (κ2) is 34.8. The van der Waals surface area contributed by atoms with Gasteiger partial charge in [0.2, 0.25) is 0 Å². The molecule has 0 amide bonds. The van der Waals surface area contributed by atoms with Crippen LogP contribution in [0.5, 0.6) is 0 Å². The molecule has 1 saturated heterocycles. The molecule has 3 nitrogen and oxygen atoms in total. The summed E-state index contributed by atoms with van der Waals surface area (Å²) in [5, 5.41) is 8.73. The van der Waals surface area contributed by atoms with E-state index in [1.807, 2.05) is 0 Å². The van der Waals surface area contributed by atoms with E-state index in [0.29, 0.717) is 46.6 Å². The lowest BCUT2D eigenvalue weighted by molar-refractivity contribution is 0.323. The summed E-state index contributed by atoms with van der Waals surface area (Å²) in [5.74, 6) is 1.05. The Kier molecular flexibility index (Phi) is 25.2. The first-order chi connectivity index (χ1) is 47.8. The van der Waals surface area contributed by atoms with Crippen LogP contribution in [0, 0.1) is 0 Å². The Hall–Kier alpha value is -5.34. The van der Waals surface area contributed by atoms with Crippen molar-refractivity contribution in [2.45, 2.75) is 157 Å². The first-order valence-electron chi connectivity index (χ1n) is 36.5. The molecule has 2 saturated carbocycles. The molecule has 9 heteroatoms. The average Bonchev–Trinajstić information content (AvgIpc) is 1.83. The Morgan fingerprint density at radius 2 is 0.598 bits per heavy atom. The van der Waals surface area contributed by atoms with Gasteiger partial charge < -0.3 is 0 Å². The van der Waals surface area contributed by atoms with E-state index in [-0.39, 0.29) is 0 Å². The van der Waals surface area contributed by atoms with Gasteiger partial charge in [0, 0.05) is 79.1 Å². The van der Waals surface area contributed by atoms with Crippen LogP contribution in [-0.2, 0) is 12.8 Å². The van der Waals surface area contributed by atoms with Crippen LogP contribution in [0.15, 0.2) is 279 Å². The summed E-state index contributed by atoms with van der Waals surface area (Å²) in [7, 11) is 3.67. The summed E-state index contributed by atoms with van der Waals surface area (Å²) in [6, 6.07) is 110. The molecular weight excluding hydrogens is 1280 g/mol. The van der Waals surface area contributed by atoms with Crippen molar-refractivity contribution < 1.29 is 0 Å². The molecule has 3 fully saturated rings. The topological polar surface area (TPSA) is 9.72 Å². The normalized spacial score (nSPS) is 21.6. The van der Waals surface area contributed by atoms with Gasteiger partial charge in [0.05, 0.1) is 0 Å². The Balaban J connectivity index is 0.774. The van der Waals surface area contributed by atoms with Gasteiger partial charge in [-0.05, 0) is 166 Å². The molecule has 0 bridgehead atoms. The maximum absolute atomic E-state index is 3.31. The number of rotatable bonds is 29. The lowest BCUT2D eigenvalue weighted by Crippen LogP contribution is -2.43. The van der Waals surface area contributed by atoms with Gasteiger partial charge in [0.25, 0.3) is 0 Å². The van der Waals surface area contributed by atoms with Crippen LogP contribution >= 0.6 is 50.8 Å². The van der Waals surface area contributed by atoms with Crippen molar-refractivity contribution >= 4 is 82.6 Å². The minimum absolute atomic E-state index is 0.454. The predicted molar refractivity (Wildman–Crippen MR) is 434 cm³/mol. The molecule has 3 aliphatic rings. The van der Waals surface area contributed by atoms with E-state index in [1.54, 1.807) is 0 Å². The molecule has 0 spiro atoms. The van der Waals surface area contributed by atoms with Crippen molar-refractivity contribution in [2.75, 3.05) is 19.6 Å². The smallest absolute Gasteiger partial charge is 0.0318 e. The van der Waals surface area contributed by atoms with E-state index in [0.717, 1.165) is 32.5 Å². The van der Waals surface area contributed by atoms with Gasteiger partial charge in [-0.25, -0.2) is 0 Å². The Morgan fingerprint density at radius 1 is 0.309 bits per heavy atom. The van der Waals surface area contributed by atoms with E-state index in [9.17, 15) is 0 Å². The number of hydrogen-bond donors (Lipinski definition) is 0. The zero-order valence-electron chi connectivity index (χ0n) is 57.5. The number of benzene rings is 10. The fourth-order valence-electron chi connectivity index (χ4n) is 16.1. The quantitative estimate of drug-likeness (QED) is 0.0433. The van der Waals surface area contributed by atoms with Crippen molar-refractivity contribution in [3.05, 3.63) is 324 Å². The second-order valence-corrected chi connectivity index (χ2v) is 38.4. The fraction of sp³-hybridized carbons (Fsp3) is 0.318. The predicted octanol–water partition coefficient (Wildman–Crippen LogP) is 21.3. The molecule has 1 heterocycles. The van der Waals surface area contributed by atoms with Crippen molar-refractivity contribution in [1.82, 2.24) is 13.8 Å². The molecule has 97 heavy (non-hydrogen) atoms. The lowest BCUT2D eigenvalue weighted by Gasteiger charge is -2.42. The maximum Gasteiger partial charge on any atom is 0.0318 e. The third-order valence-electron chi connectivity index (χ3n) is 20.9. The summed E-state index contributed by atoms with van der Waals surface area (Å²) in [6.07, 6.45) is 16.3. The van der Waals surface area contributed by atoms with Gasteiger partial charge in [-0.1, -0.05) is 319 Å². The largest absolute Gasteiger partial charge is 0.271 e. The van der Waals surface area contributed by atoms with Crippen molar-refractivity contribution in [3.63, 3.8) is 0 Å². The summed E-state index contributed by atoms with van der Waals surface area (Å²) < 4.78 is 9.03. The fourth-order valence-corrected chi connectivity index (χ4v) is 30.6.